The van der Waals surface area contributed by atoms with Crippen molar-refractivity contribution in [2.75, 3.05) is 23.3 Å². The Morgan fingerprint density at radius 2 is 1.88 bits per heavy atom. The summed E-state index contributed by atoms with van der Waals surface area (Å²) in [7, 11) is 0. The van der Waals surface area contributed by atoms with Gasteiger partial charge in [0, 0.05) is 30.9 Å². The minimum absolute atomic E-state index is 0.0638. The standard InChI is InChI=1S/C13H18N2O/c1-2-13(16)14-11-5-7-12(8-6-11)15-9-3-4-10-15/h5-8H,2-4,9-10H2,1H3,(H,14,16). The molecule has 0 unspecified atom stereocenters. The molecule has 1 N–H and O–H groups in total. The van der Waals surface area contributed by atoms with E-state index in [1.807, 2.05) is 19.1 Å². The van der Waals surface area contributed by atoms with Crippen molar-refractivity contribution < 1.29 is 4.79 Å². The van der Waals surface area contributed by atoms with Crippen LogP contribution in [0.5, 0.6) is 0 Å². The van der Waals surface area contributed by atoms with Gasteiger partial charge in [0.25, 0.3) is 0 Å². The summed E-state index contributed by atoms with van der Waals surface area (Å²) < 4.78 is 0. The number of rotatable bonds is 3. The molecule has 1 saturated heterocycles. The quantitative estimate of drug-likeness (QED) is 0.845. The van der Waals surface area contributed by atoms with E-state index in [1.54, 1.807) is 0 Å². The van der Waals surface area contributed by atoms with Crippen molar-refractivity contribution in [1.82, 2.24) is 0 Å². The first-order chi connectivity index (χ1) is 7.79. The van der Waals surface area contributed by atoms with Crippen molar-refractivity contribution in [3.8, 4) is 0 Å². The second-order valence-electron chi connectivity index (χ2n) is 4.14. The summed E-state index contributed by atoms with van der Waals surface area (Å²) in [5.74, 6) is 0.0638. The Kier molecular flexibility index (Phi) is 3.44. The molecule has 1 fully saturated rings. The SMILES string of the molecule is CCC(=O)Nc1ccc(N2CCCC2)cc1. The molecule has 0 radical (unpaired) electrons. The lowest BCUT2D eigenvalue weighted by molar-refractivity contribution is -0.115. The number of hydrogen-bond acceptors (Lipinski definition) is 2. The van der Waals surface area contributed by atoms with Crippen LogP contribution in [0.3, 0.4) is 0 Å². The zero-order valence-electron chi connectivity index (χ0n) is 9.70. The fraction of sp³-hybridized carbons (Fsp3) is 0.462. The van der Waals surface area contributed by atoms with Crippen LogP contribution in [0.25, 0.3) is 0 Å². The summed E-state index contributed by atoms with van der Waals surface area (Å²) in [6.07, 6.45) is 3.09. The van der Waals surface area contributed by atoms with Gasteiger partial charge in [0.15, 0.2) is 0 Å². The van der Waals surface area contributed by atoms with Gasteiger partial charge in [-0.15, -0.1) is 0 Å². The number of nitrogens with one attached hydrogen (secondary N) is 1. The molecule has 1 aromatic carbocycles. The summed E-state index contributed by atoms with van der Waals surface area (Å²) in [5.41, 5.74) is 2.14. The third-order valence-electron chi connectivity index (χ3n) is 2.94. The number of carbonyl (C=O) groups is 1. The van der Waals surface area contributed by atoms with Crippen LogP contribution in [-0.2, 0) is 4.79 Å². The molecule has 3 heteroatoms. The molecule has 16 heavy (non-hydrogen) atoms. The normalized spacial score (nSPS) is 15.2. The smallest absolute Gasteiger partial charge is 0.224 e. The first-order valence-corrected chi connectivity index (χ1v) is 5.94. The second kappa shape index (κ2) is 5.01. The highest BCUT2D eigenvalue weighted by Crippen LogP contribution is 2.21. The van der Waals surface area contributed by atoms with E-state index in [1.165, 1.54) is 18.5 Å². The Balaban J connectivity index is 2.01. The minimum Gasteiger partial charge on any atom is -0.372 e. The molecule has 0 aliphatic carbocycles. The monoisotopic (exact) mass is 218 g/mol. The van der Waals surface area contributed by atoms with Crippen LogP contribution in [0.1, 0.15) is 26.2 Å². The summed E-state index contributed by atoms with van der Waals surface area (Å²) in [4.78, 5) is 13.6. The van der Waals surface area contributed by atoms with Crippen LogP contribution < -0.4 is 10.2 Å². The molecule has 0 saturated carbocycles. The Morgan fingerprint density at radius 3 is 2.44 bits per heavy atom. The minimum atomic E-state index is 0.0638. The van der Waals surface area contributed by atoms with Crippen LogP contribution in [0.4, 0.5) is 11.4 Å². The molecule has 1 heterocycles. The molecule has 0 bridgehead atoms. The molecule has 0 aromatic heterocycles. The van der Waals surface area contributed by atoms with Crippen LogP contribution >= 0.6 is 0 Å². The lowest BCUT2D eigenvalue weighted by Gasteiger charge is -2.17. The molecular formula is C13H18N2O. The van der Waals surface area contributed by atoms with Crippen molar-refractivity contribution in [1.29, 1.82) is 0 Å². The number of hydrogen-bond donors (Lipinski definition) is 1. The maximum absolute atomic E-state index is 11.2. The maximum Gasteiger partial charge on any atom is 0.224 e. The average Bonchev–Trinajstić information content (AvgIpc) is 2.83. The van der Waals surface area contributed by atoms with Gasteiger partial charge in [-0.1, -0.05) is 6.92 Å². The van der Waals surface area contributed by atoms with E-state index >= 15 is 0 Å². The van der Waals surface area contributed by atoms with Gasteiger partial charge in [-0.25, -0.2) is 0 Å². The van der Waals surface area contributed by atoms with E-state index < -0.39 is 0 Å². The van der Waals surface area contributed by atoms with E-state index in [0.29, 0.717) is 6.42 Å². The van der Waals surface area contributed by atoms with E-state index in [0.717, 1.165) is 18.8 Å². The van der Waals surface area contributed by atoms with Gasteiger partial charge in [-0.3, -0.25) is 4.79 Å². The topological polar surface area (TPSA) is 32.3 Å². The van der Waals surface area contributed by atoms with Gasteiger partial charge in [-0.2, -0.15) is 0 Å². The summed E-state index contributed by atoms with van der Waals surface area (Å²) in [5, 5.41) is 2.85. The highest BCUT2D eigenvalue weighted by molar-refractivity contribution is 5.90. The van der Waals surface area contributed by atoms with Gasteiger partial charge in [0.2, 0.25) is 5.91 Å². The van der Waals surface area contributed by atoms with E-state index in [2.05, 4.69) is 22.3 Å². The molecule has 86 valence electrons. The van der Waals surface area contributed by atoms with Gasteiger partial charge in [0.05, 0.1) is 0 Å². The van der Waals surface area contributed by atoms with Crippen molar-refractivity contribution in [2.24, 2.45) is 0 Å². The maximum atomic E-state index is 11.2. The molecule has 0 spiro atoms. The molecule has 3 nitrogen and oxygen atoms in total. The van der Waals surface area contributed by atoms with Crippen LogP contribution in [-0.4, -0.2) is 19.0 Å². The fourth-order valence-electron chi connectivity index (χ4n) is 1.98. The number of nitrogens with zero attached hydrogens (tertiary/aromatic N) is 1. The van der Waals surface area contributed by atoms with Crippen LogP contribution in [0.2, 0.25) is 0 Å². The Hall–Kier alpha value is -1.51. The lowest BCUT2D eigenvalue weighted by atomic mass is 10.2. The zero-order chi connectivity index (χ0) is 11.4. The molecule has 1 aliphatic heterocycles. The second-order valence-corrected chi connectivity index (χ2v) is 4.14. The Morgan fingerprint density at radius 1 is 1.25 bits per heavy atom. The fourth-order valence-corrected chi connectivity index (χ4v) is 1.98. The van der Waals surface area contributed by atoms with Crippen molar-refractivity contribution in [2.45, 2.75) is 26.2 Å². The summed E-state index contributed by atoms with van der Waals surface area (Å²) >= 11 is 0. The third-order valence-corrected chi connectivity index (χ3v) is 2.94. The van der Waals surface area contributed by atoms with Crippen molar-refractivity contribution >= 4 is 17.3 Å². The zero-order valence-corrected chi connectivity index (χ0v) is 9.70. The molecule has 2 rings (SSSR count). The third kappa shape index (κ3) is 2.54. The van der Waals surface area contributed by atoms with Crippen LogP contribution in [0, 0.1) is 0 Å². The molecule has 0 atom stereocenters. The largest absolute Gasteiger partial charge is 0.372 e. The first-order valence-electron chi connectivity index (χ1n) is 5.94. The van der Waals surface area contributed by atoms with Gasteiger partial charge in [0.1, 0.15) is 0 Å². The van der Waals surface area contributed by atoms with Crippen molar-refractivity contribution in [3.63, 3.8) is 0 Å². The molecular weight excluding hydrogens is 200 g/mol. The highest BCUT2D eigenvalue weighted by Gasteiger charge is 2.11. The lowest BCUT2D eigenvalue weighted by Crippen LogP contribution is -2.17. The number of carbonyl (C=O) groups excluding carboxylic acids is 1. The molecule has 1 aliphatic rings. The number of amides is 1. The van der Waals surface area contributed by atoms with Gasteiger partial charge in [-0.05, 0) is 37.1 Å². The Labute approximate surface area is 96.5 Å². The predicted octanol–water partition coefficient (Wildman–Crippen LogP) is 2.64. The van der Waals surface area contributed by atoms with Gasteiger partial charge >= 0.3 is 0 Å². The predicted molar refractivity (Wildman–Crippen MR) is 66.8 cm³/mol. The average molecular weight is 218 g/mol. The highest BCUT2D eigenvalue weighted by atomic mass is 16.1. The van der Waals surface area contributed by atoms with E-state index in [9.17, 15) is 4.79 Å². The summed E-state index contributed by atoms with van der Waals surface area (Å²) in [6, 6.07) is 8.11. The summed E-state index contributed by atoms with van der Waals surface area (Å²) in [6.45, 7) is 4.16. The van der Waals surface area contributed by atoms with Gasteiger partial charge < -0.3 is 10.2 Å². The van der Waals surface area contributed by atoms with Crippen molar-refractivity contribution in [3.05, 3.63) is 24.3 Å². The van der Waals surface area contributed by atoms with Crippen LogP contribution in [0.15, 0.2) is 24.3 Å². The molecule has 1 amide bonds. The molecule has 1 aromatic rings. The first kappa shape index (κ1) is 11.0. The number of benzene rings is 1. The number of anilines is 2. The van der Waals surface area contributed by atoms with E-state index in [4.69, 9.17) is 0 Å². The Bertz CT molecular complexity index is 353. The van der Waals surface area contributed by atoms with E-state index in [-0.39, 0.29) is 5.91 Å².